The highest BCUT2D eigenvalue weighted by atomic mass is 16.5. The topological polar surface area (TPSA) is 91.5 Å². The van der Waals surface area contributed by atoms with Crippen LogP contribution in [0.25, 0.3) is 11.2 Å². The van der Waals surface area contributed by atoms with Gasteiger partial charge < -0.3 is 14.4 Å². The molecular formula is C18H19N5O4. The van der Waals surface area contributed by atoms with E-state index < -0.39 is 5.69 Å². The molecule has 2 aromatic heterocycles. The summed E-state index contributed by atoms with van der Waals surface area (Å²) in [6.07, 6.45) is 2.42. The molecule has 4 rings (SSSR count). The number of amides is 1. The third-order valence-electron chi connectivity index (χ3n) is 4.42. The SMILES string of the molecule is Cn1c(=O)n(C(=O)N2CCC2)c2nc(OCCOc3ccccc3)ncc21. The molecule has 1 aromatic carbocycles. The Morgan fingerprint density at radius 3 is 2.59 bits per heavy atom. The van der Waals surface area contributed by atoms with E-state index in [2.05, 4.69) is 9.97 Å². The van der Waals surface area contributed by atoms with E-state index in [1.807, 2.05) is 30.3 Å². The highest BCUT2D eigenvalue weighted by molar-refractivity contribution is 5.87. The maximum atomic E-state index is 12.6. The van der Waals surface area contributed by atoms with Gasteiger partial charge in [-0.15, -0.1) is 0 Å². The average Bonchev–Trinajstić information content (AvgIpc) is 2.88. The number of fused-ring (bicyclic) bond motifs is 1. The number of carbonyl (C=O) groups is 1. The van der Waals surface area contributed by atoms with E-state index in [9.17, 15) is 9.59 Å². The molecule has 1 aliphatic heterocycles. The number of nitrogens with zero attached hydrogens (tertiary/aromatic N) is 5. The second-order valence-electron chi connectivity index (χ2n) is 6.17. The summed E-state index contributed by atoms with van der Waals surface area (Å²) in [6.45, 7) is 1.84. The van der Waals surface area contributed by atoms with Gasteiger partial charge in [0.2, 0.25) is 0 Å². The van der Waals surface area contributed by atoms with Crippen LogP contribution in [-0.4, -0.2) is 56.3 Å². The summed E-state index contributed by atoms with van der Waals surface area (Å²) in [5.41, 5.74) is 0.274. The first-order chi connectivity index (χ1) is 13.1. The van der Waals surface area contributed by atoms with E-state index in [0.29, 0.717) is 25.2 Å². The summed E-state index contributed by atoms with van der Waals surface area (Å²) < 4.78 is 13.5. The second kappa shape index (κ2) is 7.10. The molecule has 27 heavy (non-hydrogen) atoms. The van der Waals surface area contributed by atoms with Crippen LogP contribution in [0.4, 0.5) is 4.79 Å². The molecule has 1 saturated heterocycles. The summed E-state index contributed by atoms with van der Waals surface area (Å²) >= 11 is 0. The zero-order valence-corrected chi connectivity index (χ0v) is 14.9. The van der Waals surface area contributed by atoms with Crippen molar-refractivity contribution >= 4 is 17.2 Å². The molecule has 0 aliphatic carbocycles. The van der Waals surface area contributed by atoms with Crippen molar-refractivity contribution in [3.63, 3.8) is 0 Å². The van der Waals surface area contributed by atoms with Gasteiger partial charge in [0.15, 0.2) is 5.65 Å². The van der Waals surface area contributed by atoms with Crippen molar-refractivity contribution in [3.05, 3.63) is 47.0 Å². The lowest BCUT2D eigenvalue weighted by atomic mass is 10.2. The number of aryl methyl sites for hydroxylation is 1. The number of carbonyl (C=O) groups excluding carboxylic acids is 1. The van der Waals surface area contributed by atoms with Crippen LogP contribution in [0.15, 0.2) is 41.3 Å². The quantitative estimate of drug-likeness (QED) is 0.629. The van der Waals surface area contributed by atoms with Crippen molar-refractivity contribution in [3.8, 4) is 11.8 Å². The summed E-state index contributed by atoms with van der Waals surface area (Å²) in [4.78, 5) is 35.0. The normalized spacial score (nSPS) is 13.4. The molecule has 140 valence electrons. The molecule has 0 radical (unpaired) electrons. The Morgan fingerprint density at radius 2 is 1.89 bits per heavy atom. The molecule has 0 atom stereocenters. The fourth-order valence-electron chi connectivity index (χ4n) is 2.80. The molecule has 0 N–H and O–H groups in total. The molecule has 0 spiro atoms. The maximum absolute atomic E-state index is 12.6. The van der Waals surface area contributed by atoms with Gasteiger partial charge >= 0.3 is 17.7 Å². The van der Waals surface area contributed by atoms with Gasteiger partial charge in [-0.05, 0) is 18.6 Å². The minimum Gasteiger partial charge on any atom is -0.490 e. The van der Waals surface area contributed by atoms with Crippen LogP contribution in [0.3, 0.4) is 0 Å². The number of ether oxygens (including phenoxy) is 2. The first-order valence-corrected chi connectivity index (χ1v) is 8.69. The molecule has 3 aromatic rings. The van der Waals surface area contributed by atoms with Crippen molar-refractivity contribution in [1.29, 1.82) is 0 Å². The van der Waals surface area contributed by atoms with E-state index in [0.717, 1.165) is 16.7 Å². The van der Waals surface area contributed by atoms with Gasteiger partial charge in [0.05, 0.1) is 6.20 Å². The average molecular weight is 369 g/mol. The van der Waals surface area contributed by atoms with Gasteiger partial charge in [0, 0.05) is 20.1 Å². The number of hydrogen-bond acceptors (Lipinski definition) is 6. The third-order valence-corrected chi connectivity index (χ3v) is 4.42. The fraction of sp³-hybridized carbons (Fsp3) is 0.333. The molecular weight excluding hydrogens is 350 g/mol. The number of rotatable bonds is 5. The van der Waals surface area contributed by atoms with Crippen molar-refractivity contribution in [1.82, 2.24) is 24.0 Å². The first-order valence-electron chi connectivity index (χ1n) is 8.69. The lowest BCUT2D eigenvalue weighted by Crippen LogP contribution is -2.47. The van der Waals surface area contributed by atoms with Crippen LogP contribution >= 0.6 is 0 Å². The lowest BCUT2D eigenvalue weighted by Gasteiger charge is -2.30. The van der Waals surface area contributed by atoms with Crippen LogP contribution in [0, 0.1) is 0 Å². The van der Waals surface area contributed by atoms with Crippen LogP contribution in [0.1, 0.15) is 6.42 Å². The van der Waals surface area contributed by atoms with E-state index in [4.69, 9.17) is 9.47 Å². The van der Waals surface area contributed by atoms with Gasteiger partial charge in [0.1, 0.15) is 24.5 Å². The standard InChI is InChI=1S/C18H19N5O4/c1-21-14-12-19-16(27-11-10-26-13-6-3-2-4-7-13)20-15(14)23(17(21)24)18(25)22-8-5-9-22/h2-4,6-7,12H,5,8-11H2,1H3. The van der Waals surface area contributed by atoms with Crippen LogP contribution in [-0.2, 0) is 7.05 Å². The number of para-hydroxylation sites is 1. The predicted octanol–water partition coefficient (Wildman–Crippen LogP) is 1.26. The van der Waals surface area contributed by atoms with E-state index in [1.54, 1.807) is 11.9 Å². The van der Waals surface area contributed by atoms with Gasteiger partial charge in [-0.2, -0.15) is 9.55 Å². The molecule has 0 unspecified atom stereocenters. The minimum atomic E-state index is -0.444. The van der Waals surface area contributed by atoms with Crippen LogP contribution < -0.4 is 15.2 Å². The molecule has 1 fully saturated rings. The Kier molecular flexibility index (Phi) is 4.49. The first kappa shape index (κ1) is 17.1. The fourth-order valence-corrected chi connectivity index (χ4v) is 2.80. The third kappa shape index (κ3) is 3.23. The van der Waals surface area contributed by atoms with E-state index in [1.165, 1.54) is 10.8 Å². The van der Waals surface area contributed by atoms with Crippen molar-refractivity contribution in [2.75, 3.05) is 26.3 Å². The largest absolute Gasteiger partial charge is 0.490 e. The maximum Gasteiger partial charge on any atom is 0.338 e. The Balaban J connectivity index is 1.51. The van der Waals surface area contributed by atoms with Crippen molar-refractivity contribution < 1.29 is 14.3 Å². The zero-order valence-electron chi connectivity index (χ0n) is 14.9. The highest BCUT2D eigenvalue weighted by Gasteiger charge is 2.27. The van der Waals surface area contributed by atoms with Gasteiger partial charge in [-0.3, -0.25) is 4.57 Å². The Labute approximate surface area is 154 Å². The number of benzene rings is 1. The molecule has 9 nitrogen and oxygen atoms in total. The summed E-state index contributed by atoms with van der Waals surface area (Å²) in [5, 5.41) is 0. The molecule has 1 aliphatic rings. The van der Waals surface area contributed by atoms with Gasteiger partial charge in [-0.25, -0.2) is 14.6 Å². The molecule has 3 heterocycles. The molecule has 1 amide bonds. The summed E-state index contributed by atoms with van der Waals surface area (Å²) in [7, 11) is 1.59. The van der Waals surface area contributed by atoms with Gasteiger partial charge in [0.25, 0.3) is 0 Å². The van der Waals surface area contributed by atoms with Crippen molar-refractivity contribution in [2.45, 2.75) is 6.42 Å². The summed E-state index contributed by atoms with van der Waals surface area (Å²) in [5.74, 6) is 0.745. The van der Waals surface area contributed by atoms with E-state index in [-0.39, 0.29) is 24.3 Å². The van der Waals surface area contributed by atoms with Crippen molar-refractivity contribution in [2.24, 2.45) is 7.05 Å². The Morgan fingerprint density at radius 1 is 1.15 bits per heavy atom. The molecule has 0 saturated carbocycles. The smallest absolute Gasteiger partial charge is 0.338 e. The van der Waals surface area contributed by atoms with E-state index >= 15 is 0 Å². The van der Waals surface area contributed by atoms with Crippen LogP contribution in [0.2, 0.25) is 0 Å². The summed E-state index contributed by atoms with van der Waals surface area (Å²) in [6, 6.07) is 9.12. The Hall–Kier alpha value is -3.36. The predicted molar refractivity (Wildman–Crippen MR) is 97.2 cm³/mol. The minimum absolute atomic E-state index is 0.0925. The molecule has 0 bridgehead atoms. The second-order valence-corrected chi connectivity index (χ2v) is 6.17. The molecule has 9 heteroatoms. The number of likely N-dealkylation sites (tertiary alicyclic amines) is 1. The van der Waals surface area contributed by atoms with Gasteiger partial charge in [-0.1, -0.05) is 18.2 Å². The highest BCUT2D eigenvalue weighted by Crippen LogP contribution is 2.16. The number of hydrogen-bond donors (Lipinski definition) is 0. The zero-order chi connectivity index (χ0) is 18.8. The Bertz CT molecular complexity index is 1020. The number of imidazole rings is 1. The monoisotopic (exact) mass is 369 g/mol. The van der Waals surface area contributed by atoms with Crippen LogP contribution in [0.5, 0.6) is 11.8 Å². The lowest BCUT2D eigenvalue weighted by molar-refractivity contribution is 0.169. The number of aromatic nitrogens is 4.